The Balaban J connectivity index is 1.61. The molecule has 0 radical (unpaired) electrons. The van der Waals surface area contributed by atoms with Crippen LogP contribution in [0.1, 0.15) is 34.6 Å². The second-order valence-corrected chi connectivity index (χ2v) is 7.43. The predicted molar refractivity (Wildman–Crippen MR) is 95.6 cm³/mol. The minimum Gasteiger partial charge on any atom is -0.338 e. The molecule has 2 aromatic rings. The van der Waals surface area contributed by atoms with Crippen LogP contribution in [0.4, 0.5) is 0 Å². The Labute approximate surface area is 145 Å². The molecule has 0 atom stereocenters. The van der Waals surface area contributed by atoms with E-state index in [0.29, 0.717) is 24.2 Å². The third kappa shape index (κ3) is 3.70. The fourth-order valence-electron chi connectivity index (χ4n) is 2.85. The fraction of sp³-hybridized carbons (Fsp3) is 0.389. The molecule has 1 aromatic heterocycles. The number of benzene rings is 1. The number of likely N-dealkylation sites (tertiary alicyclic amines) is 1. The van der Waals surface area contributed by atoms with Gasteiger partial charge < -0.3 is 9.88 Å². The van der Waals surface area contributed by atoms with E-state index in [4.69, 9.17) is 0 Å². The van der Waals surface area contributed by atoms with Crippen LogP contribution in [-0.4, -0.2) is 39.1 Å². The molecule has 6 heteroatoms. The molecule has 126 valence electrons. The largest absolute Gasteiger partial charge is 0.338 e. The summed E-state index contributed by atoms with van der Waals surface area (Å²) in [6.07, 6.45) is 3.24. The van der Waals surface area contributed by atoms with Crippen molar-refractivity contribution in [2.45, 2.75) is 36.8 Å². The molecule has 1 saturated heterocycles. The highest BCUT2D eigenvalue weighted by atomic mass is 32.2. The van der Waals surface area contributed by atoms with Gasteiger partial charge in [-0.2, -0.15) is 0 Å². The number of aromatic amines is 1. The van der Waals surface area contributed by atoms with Crippen LogP contribution in [0.5, 0.6) is 0 Å². The first-order valence-corrected chi connectivity index (χ1v) is 9.00. The maximum atomic E-state index is 12.5. The highest BCUT2D eigenvalue weighted by molar-refractivity contribution is 8.00. The average Bonchev–Trinajstić information content (AvgIpc) is 2.57. The van der Waals surface area contributed by atoms with E-state index in [9.17, 15) is 9.59 Å². The SMILES string of the molecule is Cc1ncc(C(=O)N2CCC(Sc3ccccc3C)CC2)c(=O)[nH]1. The monoisotopic (exact) mass is 343 g/mol. The fourth-order valence-corrected chi connectivity index (χ4v) is 4.07. The van der Waals surface area contributed by atoms with Crippen LogP contribution in [0.25, 0.3) is 0 Å². The molecule has 0 unspecified atom stereocenters. The van der Waals surface area contributed by atoms with Gasteiger partial charge in [0, 0.05) is 29.4 Å². The molecular formula is C18H21N3O2S. The van der Waals surface area contributed by atoms with Crippen molar-refractivity contribution < 1.29 is 4.79 Å². The number of H-pyrrole nitrogens is 1. The molecule has 1 fully saturated rings. The molecule has 0 saturated carbocycles. The number of thioether (sulfide) groups is 1. The molecule has 3 rings (SSSR count). The average molecular weight is 343 g/mol. The summed E-state index contributed by atoms with van der Waals surface area (Å²) >= 11 is 1.89. The number of rotatable bonds is 3. The van der Waals surface area contributed by atoms with Crippen molar-refractivity contribution in [1.29, 1.82) is 0 Å². The maximum Gasteiger partial charge on any atom is 0.263 e. The number of amides is 1. The second kappa shape index (κ2) is 7.21. The summed E-state index contributed by atoms with van der Waals surface area (Å²) in [6, 6.07) is 8.38. The molecule has 1 amide bonds. The molecule has 1 aromatic carbocycles. The topological polar surface area (TPSA) is 66.1 Å². The zero-order valence-electron chi connectivity index (χ0n) is 13.9. The number of carbonyl (C=O) groups excluding carboxylic acids is 1. The Bertz CT molecular complexity index is 795. The number of nitrogens with one attached hydrogen (secondary N) is 1. The van der Waals surface area contributed by atoms with Gasteiger partial charge >= 0.3 is 0 Å². The molecule has 1 N–H and O–H groups in total. The highest BCUT2D eigenvalue weighted by Crippen LogP contribution is 2.32. The summed E-state index contributed by atoms with van der Waals surface area (Å²) in [5, 5.41) is 0.504. The number of carbonyl (C=O) groups is 1. The first kappa shape index (κ1) is 16.8. The quantitative estimate of drug-likeness (QED) is 0.931. The number of hydrogen-bond donors (Lipinski definition) is 1. The first-order valence-electron chi connectivity index (χ1n) is 8.12. The Morgan fingerprint density at radius 1 is 1.25 bits per heavy atom. The number of aryl methyl sites for hydroxylation is 2. The molecule has 1 aliphatic heterocycles. The van der Waals surface area contributed by atoms with Gasteiger partial charge in [-0.25, -0.2) is 4.98 Å². The molecule has 1 aliphatic rings. The summed E-state index contributed by atoms with van der Waals surface area (Å²) in [6.45, 7) is 5.17. The Morgan fingerprint density at radius 3 is 2.62 bits per heavy atom. The van der Waals surface area contributed by atoms with Gasteiger partial charge in [-0.1, -0.05) is 18.2 Å². The lowest BCUT2D eigenvalue weighted by Crippen LogP contribution is -2.41. The van der Waals surface area contributed by atoms with Crippen LogP contribution in [-0.2, 0) is 0 Å². The summed E-state index contributed by atoms with van der Waals surface area (Å²) in [7, 11) is 0. The van der Waals surface area contributed by atoms with E-state index in [1.807, 2.05) is 17.8 Å². The summed E-state index contributed by atoms with van der Waals surface area (Å²) < 4.78 is 0. The number of nitrogens with zero attached hydrogens (tertiary/aromatic N) is 2. The number of aromatic nitrogens is 2. The van der Waals surface area contributed by atoms with Crippen molar-refractivity contribution in [3.63, 3.8) is 0 Å². The maximum absolute atomic E-state index is 12.5. The lowest BCUT2D eigenvalue weighted by atomic mass is 10.1. The molecule has 5 nitrogen and oxygen atoms in total. The van der Waals surface area contributed by atoms with Gasteiger partial charge in [-0.05, 0) is 38.3 Å². The van der Waals surface area contributed by atoms with Crippen LogP contribution in [0, 0.1) is 13.8 Å². The Kier molecular flexibility index (Phi) is 5.04. The minimum absolute atomic E-state index is 0.130. The Hall–Kier alpha value is -2.08. The lowest BCUT2D eigenvalue weighted by Gasteiger charge is -2.31. The highest BCUT2D eigenvalue weighted by Gasteiger charge is 2.26. The zero-order valence-corrected chi connectivity index (χ0v) is 14.7. The van der Waals surface area contributed by atoms with E-state index < -0.39 is 0 Å². The van der Waals surface area contributed by atoms with Crippen LogP contribution in [0.3, 0.4) is 0 Å². The van der Waals surface area contributed by atoms with Gasteiger partial charge in [0.2, 0.25) is 0 Å². The molecule has 24 heavy (non-hydrogen) atoms. The van der Waals surface area contributed by atoms with Gasteiger partial charge in [-0.3, -0.25) is 9.59 Å². The van der Waals surface area contributed by atoms with E-state index in [-0.39, 0.29) is 17.0 Å². The number of piperidine rings is 1. The molecule has 0 spiro atoms. The smallest absolute Gasteiger partial charge is 0.263 e. The van der Waals surface area contributed by atoms with E-state index in [1.165, 1.54) is 16.7 Å². The summed E-state index contributed by atoms with van der Waals surface area (Å²) in [5.41, 5.74) is 1.06. The predicted octanol–water partition coefficient (Wildman–Crippen LogP) is 2.78. The third-order valence-corrected chi connectivity index (χ3v) is 5.79. The van der Waals surface area contributed by atoms with Crippen molar-refractivity contribution in [2.24, 2.45) is 0 Å². The summed E-state index contributed by atoms with van der Waals surface area (Å²) in [5.74, 6) is 0.299. The van der Waals surface area contributed by atoms with Gasteiger partial charge in [0.15, 0.2) is 0 Å². The molecular weight excluding hydrogens is 322 g/mol. The van der Waals surface area contributed by atoms with E-state index in [1.54, 1.807) is 11.8 Å². The van der Waals surface area contributed by atoms with E-state index >= 15 is 0 Å². The van der Waals surface area contributed by atoms with Crippen LogP contribution < -0.4 is 5.56 Å². The third-order valence-electron chi connectivity index (χ3n) is 4.27. The minimum atomic E-state index is -0.357. The van der Waals surface area contributed by atoms with E-state index in [2.05, 4.69) is 35.1 Å². The van der Waals surface area contributed by atoms with E-state index in [0.717, 1.165) is 12.8 Å². The molecule has 2 heterocycles. The van der Waals surface area contributed by atoms with Gasteiger partial charge in [-0.15, -0.1) is 11.8 Å². The number of hydrogen-bond acceptors (Lipinski definition) is 4. The molecule has 0 aliphatic carbocycles. The summed E-state index contributed by atoms with van der Waals surface area (Å²) in [4.78, 5) is 34.1. The zero-order chi connectivity index (χ0) is 17.1. The van der Waals surface area contributed by atoms with Gasteiger partial charge in [0.05, 0.1) is 0 Å². The second-order valence-electron chi connectivity index (χ2n) is 6.09. The Morgan fingerprint density at radius 2 is 1.96 bits per heavy atom. The first-order chi connectivity index (χ1) is 11.5. The van der Waals surface area contributed by atoms with Crippen molar-refractivity contribution >= 4 is 17.7 Å². The van der Waals surface area contributed by atoms with Crippen molar-refractivity contribution in [1.82, 2.24) is 14.9 Å². The lowest BCUT2D eigenvalue weighted by molar-refractivity contribution is 0.0725. The van der Waals surface area contributed by atoms with Crippen LogP contribution in [0.2, 0.25) is 0 Å². The molecule has 0 bridgehead atoms. The van der Waals surface area contributed by atoms with Crippen LogP contribution in [0.15, 0.2) is 40.2 Å². The standard InChI is InChI=1S/C18H21N3O2S/c1-12-5-3-4-6-16(12)24-14-7-9-21(10-8-14)18(23)15-11-19-13(2)20-17(15)22/h3-6,11,14H,7-10H2,1-2H3,(H,19,20,22). The van der Waals surface area contributed by atoms with Crippen LogP contribution >= 0.6 is 11.8 Å². The van der Waals surface area contributed by atoms with Crippen molar-refractivity contribution in [2.75, 3.05) is 13.1 Å². The van der Waals surface area contributed by atoms with Gasteiger partial charge in [0.1, 0.15) is 11.4 Å². The van der Waals surface area contributed by atoms with Crippen molar-refractivity contribution in [3.05, 3.63) is 57.8 Å². The normalized spacial score (nSPS) is 15.5. The van der Waals surface area contributed by atoms with Gasteiger partial charge in [0.25, 0.3) is 11.5 Å². The van der Waals surface area contributed by atoms with Crippen molar-refractivity contribution in [3.8, 4) is 0 Å².